The number of pyridine rings is 1. The summed E-state index contributed by atoms with van der Waals surface area (Å²) in [6, 6.07) is 3.41. The molecule has 0 aromatic carbocycles. The number of rotatable bonds is 6. The SMILES string of the molecule is O=C(O)Cn1cc(NC(=O)NCCc2ccncc2)cn1. The highest BCUT2D eigenvalue weighted by Crippen LogP contribution is 2.04. The van der Waals surface area contributed by atoms with E-state index in [1.807, 2.05) is 12.1 Å². The molecule has 2 amide bonds. The third-order valence-electron chi connectivity index (χ3n) is 2.64. The topological polar surface area (TPSA) is 109 Å². The number of nitrogens with zero attached hydrogens (tertiary/aromatic N) is 3. The first-order valence-corrected chi connectivity index (χ1v) is 6.31. The molecule has 0 atom stereocenters. The second-order valence-electron chi connectivity index (χ2n) is 4.31. The molecule has 21 heavy (non-hydrogen) atoms. The maximum Gasteiger partial charge on any atom is 0.325 e. The van der Waals surface area contributed by atoms with Crippen molar-refractivity contribution >= 4 is 17.7 Å². The van der Waals surface area contributed by atoms with Crippen LogP contribution in [-0.2, 0) is 17.8 Å². The van der Waals surface area contributed by atoms with Crippen molar-refractivity contribution in [2.45, 2.75) is 13.0 Å². The zero-order valence-corrected chi connectivity index (χ0v) is 11.2. The molecule has 0 saturated heterocycles. The van der Waals surface area contributed by atoms with Gasteiger partial charge in [0.05, 0.1) is 11.9 Å². The number of hydrogen-bond acceptors (Lipinski definition) is 4. The zero-order valence-electron chi connectivity index (χ0n) is 11.2. The number of nitrogens with one attached hydrogen (secondary N) is 2. The molecular weight excluding hydrogens is 274 g/mol. The fourth-order valence-corrected chi connectivity index (χ4v) is 1.70. The number of amides is 2. The summed E-state index contributed by atoms with van der Waals surface area (Å²) in [6.45, 7) is 0.241. The Morgan fingerprint density at radius 2 is 2.05 bits per heavy atom. The summed E-state index contributed by atoms with van der Waals surface area (Å²) in [4.78, 5) is 26.1. The molecule has 2 aromatic heterocycles. The molecule has 8 heteroatoms. The van der Waals surface area contributed by atoms with Gasteiger partial charge >= 0.3 is 12.0 Å². The standard InChI is InChI=1S/C13H15N5O3/c19-12(20)9-18-8-11(7-16-18)17-13(21)15-6-3-10-1-4-14-5-2-10/h1-2,4-5,7-8H,3,6,9H2,(H,19,20)(H2,15,17,21). The number of anilines is 1. The summed E-state index contributed by atoms with van der Waals surface area (Å²) in [5.74, 6) is -0.994. The number of carboxylic acid groups (broad SMARTS) is 1. The van der Waals surface area contributed by atoms with Gasteiger partial charge in [-0.1, -0.05) is 0 Å². The fourth-order valence-electron chi connectivity index (χ4n) is 1.70. The van der Waals surface area contributed by atoms with Crippen LogP contribution in [0.4, 0.5) is 10.5 Å². The van der Waals surface area contributed by atoms with E-state index in [9.17, 15) is 9.59 Å². The second-order valence-corrected chi connectivity index (χ2v) is 4.31. The van der Waals surface area contributed by atoms with Crippen LogP contribution in [0.5, 0.6) is 0 Å². The van der Waals surface area contributed by atoms with E-state index in [-0.39, 0.29) is 12.6 Å². The molecule has 0 aliphatic heterocycles. The third-order valence-corrected chi connectivity index (χ3v) is 2.64. The van der Waals surface area contributed by atoms with Gasteiger partial charge in [0.25, 0.3) is 0 Å². The van der Waals surface area contributed by atoms with Crippen LogP contribution in [0.25, 0.3) is 0 Å². The minimum Gasteiger partial charge on any atom is -0.480 e. The van der Waals surface area contributed by atoms with E-state index >= 15 is 0 Å². The fraction of sp³-hybridized carbons (Fsp3) is 0.231. The van der Waals surface area contributed by atoms with E-state index in [0.717, 1.165) is 5.56 Å². The Morgan fingerprint density at radius 1 is 1.29 bits per heavy atom. The number of carboxylic acids is 1. The number of urea groups is 1. The molecule has 8 nitrogen and oxygen atoms in total. The van der Waals surface area contributed by atoms with E-state index in [0.29, 0.717) is 18.7 Å². The van der Waals surface area contributed by atoms with Gasteiger partial charge in [0.1, 0.15) is 6.54 Å². The molecule has 110 valence electrons. The molecule has 0 radical (unpaired) electrons. The summed E-state index contributed by atoms with van der Waals surface area (Å²) in [5.41, 5.74) is 1.53. The average Bonchev–Trinajstić information content (AvgIpc) is 2.86. The van der Waals surface area contributed by atoms with E-state index in [2.05, 4.69) is 20.7 Å². The Labute approximate surface area is 120 Å². The zero-order chi connectivity index (χ0) is 15.1. The van der Waals surface area contributed by atoms with Crippen molar-refractivity contribution in [1.82, 2.24) is 20.1 Å². The molecule has 2 aromatic rings. The number of carbonyl (C=O) groups excluding carboxylic acids is 1. The molecular formula is C13H15N5O3. The normalized spacial score (nSPS) is 10.1. The molecule has 3 N–H and O–H groups in total. The number of aliphatic carboxylic acids is 1. The van der Waals surface area contributed by atoms with Gasteiger partial charge in [-0.05, 0) is 24.1 Å². The predicted octanol–water partition coefficient (Wildman–Crippen LogP) is 0.727. The lowest BCUT2D eigenvalue weighted by atomic mass is 10.2. The highest BCUT2D eigenvalue weighted by Gasteiger charge is 2.05. The lowest BCUT2D eigenvalue weighted by Crippen LogP contribution is -2.30. The van der Waals surface area contributed by atoms with Crippen LogP contribution in [-0.4, -0.2) is 38.4 Å². The second kappa shape index (κ2) is 7.04. The molecule has 0 aliphatic carbocycles. The first kappa shape index (κ1) is 14.5. The monoisotopic (exact) mass is 289 g/mol. The van der Waals surface area contributed by atoms with Gasteiger partial charge in [-0.2, -0.15) is 5.10 Å². The van der Waals surface area contributed by atoms with E-state index in [1.165, 1.54) is 17.1 Å². The van der Waals surface area contributed by atoms with Crippen LogP contribution in [0.2, 0.25) is 0 Å². The molecule has 0 fully saturated rings. The third kappa shape index (κ3) is 4.94. The maximum atomic E-state index is 11.6. The van der Waals surface area contributed by atoms with Crippen molar-refractivity contribution in [3.8, 4) is 0 Å². The van der Waals surface area contributed by atoms with Crippen molar-refractivity contribution in [3.05, 3.63) is 42.5 Å². The highest BCUT2D eigenvalue weighted by molar-refractivity contribution is 5.88. The summed E-state index contributed by atoms with van der Waals surface area (Å²) < 4.78 is 1.23. The van der Waals surface area contributed by atoms with Crippen LogP contribution >= 0.6 is 0 Å². The Kier molecular flexibility index (Phi) is 4.86. The van der Waals surface area contributed by atoms with Gasteiger partial charge in [-0.15, -0.1) is 0 Å². The smallest absolute Gasteiger partial charge is 0.325 e. The van der Waals surface area contributed by atoms with Gasteiger partial charge < -0.3 is 15.7 Å². The van der Waals surface area contributed by atoms with Gasteiger partial charge in [0.15, 0.2) is 0 Å². The molecule has 0 saturated carbocycles. The summed E-state index contributed by atoms with van der Waals surface area (Å²) in [7, 11) is 0. The first-order valence-electron chi connectivity index (χ1n) is 6.31. The summed E-state index contributed by atoms with van der Waals surface area (Å²) in [5, 5.41) is 17.7. The van der Waals surface area contributed by atoms with Crippen molar-refractivity contribution in [1.29, 1.82) is 0 Å². The summed E-state index contributed by atoms with van der Waals surface area (Å²) >= 11 is 0. The average molecular weight is 289 g/mol. The Morgan fingerprint density at radius 3 is 2.76 bits per heavy atom. The van der Waals surface area contributed by atoms with Gasteiger partial charge in [-0.25, -0.2) is 4.79 Å². The summed E-state index contributed by atoms with van der Waals surface area (Å²) in [6.07, 6.45) is 6.95. The van der Waals surface area contributed by atoms with Crippen LogP contribution in [0.15, 0.2) is 36.9 Å². The minimum absolute atomic E-state index is 0.245. The van der Waals surface area contributed by atoms with E-state index in [1.54, 1.807) is 12.4 Å². The number of hydrogen-bond donors (Lipinski definition) is 3. The Balaban J connectivity index is 1.74. The molecule has 0 spiro atoms. The van der Waals surface area contributed by atoms with Gasteiger partial charge in [-0.3, -0.25) is 14.5 Å². The largest absolute Gasteiger partial charge is 0.480 e. The van der Waals surface area contributed by atoms with Gasteiger partial charge in [0.2, 0.25) is 0 Å². The quantitative estimate of drug-likeness (QED) is 0.726. The maximum absolute atomic E-state index is 11.6. The molecule has 2 rings (SSSR count). The first-order chi connectivity index (χ1) is 10.1. The van der Waals surface area contributed by atoms with Crippen molar-refractivity contribution in [2.75, 3.05) is 11.9 Å². The lowest BCUT2D eigenvalue weighted by molar-refractivity contribution is -0.137. The van der Waals surface area contributed by atoms with E-state index in [4.69, 9.17) is 5.11 Å². The number of aromatic nitrogens is 3. The Bertz CT molecular complexity index is 611. The lowest BCUT2D eigenvalue weighted by Gasteiger charge is -2.05. The number of carbonyl (C=O) groups is 2. The molecule has 0 bridgehead atoms. The molecule has 0 aliphatic rings. The van der Waals surface area contributed by atoms with Crippen molar-refractivity contribution in [3.63, 3.8) is 0 Å². The van der Waals surface area contributed by atoms with Crippen molar-refractivity contribution < 1.29 is 14.7 Å². The van der Waals surface area contributed by atoms with Crippen LogP contribution in [0.3, 0.4) is 0 Å². The van der Waals surface area contributed by atoms with Crippen LogP contribution in [0.1, 0.15) is 5.56 Å². The minimum atomic E-state index is -0.994. The molecule has 2 heterocycles. The molecule has 0 unspecified atom stereocenters. The van der Waals surface area contributed by atoms with Crippen molar-refractivity contribution in [2.24, 2.45) is 0 Å². The predicted molar refractivity (Wildman–Crippen MR) is 74.8 cm³/mol. The van der Waals surface area contributed by atoms with Crippen LogP contribution in [0, 0.1) is 0 Å². The van der Waals surface area contributed by atoms with E-state index < -0.39 is 5.97 Å². The van der Waals surface area contributed by atoms with Gasteiger partial charge in [0, 0.05) is 25.1 Å². The highest BCUT2D eigenvalue weighted by atomic mass is 16.4. The van der Waals surface area contributed by atoms with Crippen LogP contribution < -0.4 is 10.6 Å². The Hall–Kier alpha value is -2.90.